The Kier molecular flexibility index (Phi) is 2.76. The monoisotopic (exact) mass is 182 g/mol. The maximum atomic E-state index is 5.65. The van der Waals surface area contributed by atoms with Crippen LogP contribution in [0.25, 0.3) is 0 Å². The summed E-state index contributed by atoms with van der Waals surface area (Å²) < 4.78 is 5.65. The van der Waals surface area contributed by atoms with Gasteiger partial charge in [0.15, 0.2) is 5.89 Å². The molecule has 0 unspecified atom stereocenters. The number of aryl methyl sites for hydroxylation is 1. The van der Waals surface area contributed by atoms with Gasteiger partial charge in [0.2, 0.25) is 0 Å². The van der Waals surface area contributed by atoms with E-state index in [1.165, 1.54) is 0 Å². The maximum Gasteiger partial charge on any atom is 0.200 e. The average molecular weight is 182 g/mol. The van der Waals surface area contributed by atoms with Crippen molar-refractivity contribution in [3.05, 3.63) is 17.3 Å². The Balaban J connectivity index is 2.95. The van der Waals surface area contributed by atoms with E-state index >= 15 is 0 Å². The van der Waals surface area contributed by atoms with E-state index in [0.717, 1.165) is 23.9 Å². The lowest BCUT2D eigenvalue weighted by atomic mass is 9.97. The first-order chi connectivity index (χ1) is 5.95. The first-order valence-electron chi connectivity index (χ1n) is 4.56. The lowest BCUT2D eigenvalue weighted by Gasteiger charge is -2.12. The van der Waals surface area contributed by atoms with Crippen LogP contribution in [-0.4, -0.2) is 12.0 Å². The Morgan fingerprint density at radius 2 is 2.00 bits per heavy atom. The van der Waals surface area contributed by atoms with Crippen LogP contribution in [0.5, 0.6) is 0 Å². The number of hydrogen-bond acceptors (Lipinski definition) is 3. The molecule has 1 N–H and O–H groups in total. The molecule has 3 nitrogen and oxygen atoms in total. The molecular weight excluding hydrogens is 164 g/mol. The highest BCUT2D eigenvalue weighted by Gasteiger charge is 2.21. The molecular formula is C10H18N2O. The van der Waals surface area contributed by atoms with Gasteiger partial charge in [-0.2, -0.15) is 0 Å². The summed E-state index contributed by atoms with van der Waals surface area (Å²) in [6, 6.07) is 0. The van der Waals surface area contributed by atoms with Crippen molar-refractivity contribution < 1.29 is 4.42 Å². The van der Waals surface area contributed by atoms with E-state index in [1.807, 2.05) is 14.0 Å². The van der Waals surface area contributed by atoms with Gasteiger partial charge in [-0.15, -0.1) is 0 Å². The van der Waals surface area contributed by atoms with Gasteiger partial charge in [0.25, 0.3) is 0 Å². The molecule has 0 atom stereocenters. The summed E-state index contributed by atoms with van der Waals surface area (Å²) in [4.78, 5) is 4.39. The lowest BCUT2D eigenvalue weighted by Crippen LogP contribution is -2.11. The molecule has 1 aromatic heterocycles. The van der Waals surface area contributed by atoms with E-state index in [4.69, 9.17) is 4.42 Å². The third-order valence-corrected chi connectivity index (χ3v) is 1.87. The van der Waals surface area contributed by atoms with Crippen molar-refractivity contribution in [2.24, 2.45) is 0 Å². The molecule has 0 saturated heterocycles. The van der Waals surface area contributed by atoms with Crippen LogP contribution in [0.1, 0.15) is 38.1 Å². The minimum Gasteiger partial charge on any atom is -0.444 e. The Morgan fingerprint density at radius 1 is 1.38 bits per heavy atom. The number of hydrogen-bond donors (Lipinski definition) is 1. The van der Waals surface area contributed by atoms with Gasteiger partial charge in [-0.05, 0) is 14.0 Å². The largest absolute Gasteiger partial charge is 0.444 e. The molecule has 0 aliphatic rings. The van der Waals surface area contributed by atoms with Gasteiger partial charge in [-0.25, -0.2) is 4.98 Å². The van der Waals surface area contributed by atoms with Gasteiger partial charge in [0.05, 0.1) is 12.2 Å². The zero-order valence-electron chi connectivity index (χ0n) is 9.06. The second-order valence-corrected chi connectivity index (χ2v) is 4.31. The van der Waals surface area contributed by atoms with Crippen molar-refractivity contribution in [3.63, 3.8) is 0 Å². The van der Waals surface area contributed by atoms with Crippen molar-refractivity contribution in [3.8, 4) is 0 Å². The standard InChI is InChI=1S/C10H18N2O/c1-7-8(6-11-5)13-9(12-7)10(2,3)4/h11H,6H2,1-5H3. The molecule has 0 spiro atoms. The van der Waals surface area contributed by atoms with Crippen molar-refractivity contribution in [2.75, 3.05) is 7.05 Å². The molecule has 74 valence electrons. The van der Waals surface area contributed by atoms with Gasteiger partial charge < -0.3 is 9.73 Å². The summed E-state index contributed by atoms with van der Waals surface area (Å²) in [7, 11) is 1.90. The first-order valence-corrected chi connectivity index (χ1v) is 4.56. The van der Waals surface area contributed by atoms with Crippen LogP contribution in [0.15, 0.2) is 4.42 Å². The molecule has 0 fully saturated rings. The summed E-state index contributed by atoms with van der Waals surface area (Å²) in [6.45, 7) is 9.02. The zero-order valence-corrected chi connectivity index (χ0v) is 9.06. The summed E-state index contributed by atoms with van der Waals surface area (Å²) in [6.07, 6.45) is 0. The van der Waals surface area contributed by atoms with Crippen LogP contribution in [0.3, 0.4) is 0 Å². The fourth-order valence-electron chi connectivity index (χ4n) is 1.07. The third kappa shape index (κ3) is 2.31. The second kappa shape index (κ2) is 3.50. The highest BCUT2D eigenvalue weighted by Crippen LogP contribution is 2.23. The number of oxazole rings is 1. The van der Waals surface area contributed by atoms with Gasteiger partial charge in [0.1, 0.15) is 5.76 Å². The van der Waals surface area contributed by atoms with Crippen molar-refractivity contribution >= 4 is 0 Å². The van der Waals surface area contributed by atoms with E-state index in [-0.39, 0.29) is 5.41 Å². The second-order valence-electron chi connectivity index (χ2n) is 4.31. The molecule has 0 aliphatic heterocycles. The summed E-state index contributed by atoms with van der Waals surface area (Å²) >= 11 is 0. The Labute approximate surface area is 79.5 Å². The summed E-state index contributed by atoms with van der Waals surface area (Å²) in [5, 5.41) is 3.06. The average Bonchev–Trinajstić information content (AvgIpc) is 2.32. The van der Waals surface area contributed by atoms with E-state index in [9.17, 15) is 0 Å². The van der Waals surface area contributed by atoms with Crippen LogP contribution in [0, 0.1) is 6.92 Å². The zero-order chi connectivity index (χ0) is 10.1. The number of aromatic nitrogens is 1. The smallest absolute Gasteiger partial charge is 0.200 e. The van der Waals surface area contributed by atoms with Crippen molar-refractivity contribution in [1.82, 2.24) is 10.3 Å². The van der Waals surface area contributed by atoms with E-state index in [2.05, 4.69) is 31.1 Å². The predicted molar refractivity (Wildman–Crippen MR) is 52.7 cm³/mol. The maximum absolute atomic E-state index is 5.65. The highest BCUT2D eigenvalue weighted by atomic mass is 16.4. The molecule has 13 heavy (non-hydrogen) atoms. The van der Waals surface area contributed by atoms with E-state index in [0.29, 0.717) is 0 Å². The lowest BCUT2D eigenvalue weighted by molar-refractivity contribution is 0.368. The van der Waals surface area contributed by atoms with Gasteiger partial charge in [-0.1, -0.05) is 20.8 Å². The topological polar surface area (TPSA) is 38.1 Å². The van der Waals surface area contributed by atoms with E-state index in [1.54, 1.807) is 0 Å². The molecule has 0 bridgehead atoms. The SMILES string of the molecule is CNCc1oc(C(C)(C)C)nc1C. The first kappa shape index (κ1) is 10.3. The molecule has 0 aromatic carbocycles. The molecule has 3 heteroatoms. The number of nitrogens with one attached hydrogen (secondary N) is 1. The fraction of sp³-hybridized carbons (Fsp3) is 0.700. The minimum atomic E-state index is -0.00322. The predicted octanol–water partition coefficient (Wildman–Crippen LogP) is 2.00. The number of nitrogens with zero attached hydrogens (tertiary/aromatic N) is 1. The molecule has 1 heterocycles. The Morgan fingerprint density at radius 3 is 2.38 bits per heavy atom. The van der Waals surface area contributed by atoms with Gasteiger partial charge in [0, 0.05) is 5.41 Å². The van der Waals surface area contributed by atoms with Gasteiger partial charge >= 0.3 is 0 Å². The molecule has 0 saturated carbocycles. The van der Waals surface area contributed by atoms with E-state index < -0.39 is 0 Å². The molecule has 1 rings (SSSR count). The van der Waals surface area contributed by atoms with Crippen molar-refractivity contribution in [2.45, 2.75) is 39.7 Å². The van der Waals surface area contributed by atoms with Crippen LogP contribution in [0.4, 0.5) is 0 Å². The normalized spacial score (nSPS) is 12.1. The van der Waals surface area contributed by atoms with Crippen LogP contribution < -0.4 is 5.32 Å². The molecule has 0 radical (unpaired) electrons. The highest BCUT2D eigenvalue weighted by molar-refractivity contribution is 5.11. The third-order valence-electron chi connectivity index (χ3n) is 1.87. The molecule has 0 aliphatic carbocycles. The minimum absolute atomic E-state index is 0.00322. The molecule has 1 aromatic rings. The summed E-state index contributed by atoms with van der Waals surface area (Å²) in [5.74, 6) is 1.75. The summed E-state index contributed by atoms with van der Waals surface area (Å²) in [5.41, 5.74) is 0.982. The fourth-order valence-corrected chi connectivity index (χ4v) is 1.07. The molecule has 0 amide bonds. The van der Waals surface area contributed by atoms with Crippen LogP contribution in [-0.2, 0) is 12.0 Å². The Hall–Kier alpha value is -0.830. The quantitative estimate of drug-likeness (QED) is 0.760. The van der Waals surface area contributed by atoms with Crippen LogP contribution in [0.2, 0.25) is 0 Å². The van der Waals surface area contributed by atoms with Crippen LogP contribution >= 0.6 is 0 Å². The van der Waals surface area contributed by atoms with Crippen molar-refractivity contribution in [1.29, 1.82) is 0 Å². The van der Waals surface area contributed by atoms with Gasteiger partial charge in [-0.3, -0.25) is 0 Å². The Bertz CT molecular complexity index is 284. The number of rotatable bonds is 2.